The maximum atomic E-state index is 9.96. The summed E-state index contributed by atoms with van der Waals surface area (Å²) in [6.45, 7) is 1.65. The van der Waals surface area contributed by atoms with E-state index in [0.29, 0.717) is 35.7 Å². The fraction of sp³-hybridized carbons (Fsp3) is 0.455. The lowest BCUT2D eigenvalue weighted by Gasteiger charge is -2.21. The Labute approximate surface area is 102 Å². The molecule has 2 rings (SSSR count). The summed E-state index contributed by atoms with van der Waals surface area (Å²) in [4.78, 5) is 0. The highest BCUT2D eigenvalue weighted by Crippen LogP contribution is 2.45. The first-order valence-electron chi connectivity index (χ1n) is 5.24. The minimum Gasteiger partial charge on any atom is -0.506 e. The van der Waals surface area contributed by atoms with Crippen LogP contribution in [0.2, 0.25) is 0 Å². The van der Waals surface area contributed by atoms with Crippen LogP contribution in [0.15, 0.2) is 10.5 Å². The molecule has 5 heteroatoms. The lowest BCUT2D eigenvalue weighted by atomic mass is 10.1. The fourth-order valence-corrected chi connectivity index (χ4v) is 2.23. The van der Waals surface area contributed by atoms with Crippen LogP contribution in [-0.2, 0) is 6.42 Å². The molecule has 0 fully saturated rings. The number of aryl methyl sites for hydroxylation is 1. The van der Waals surface area contributed by atoms with Crippen LogP contribution in [0.4, 0.5) is 0 Å². The van der Waals surface area contributed by atoms with E-state index >= 15 is 0 Å². The third-order valence-corrected chi connectivity index (χ3v) is 3.21. The summed E-state index contributed by atoms with van der Waals surface area (Å²) in [7, 11) is 0. The molecule has 0 aliphatic carbocycles. The van der Waals surface area contributed by atoms with E-state index in [1.807, 2.05) is 6.07 Å². The summed E-state index contributed by atoms with van der Waals surface area (Å²) >= 11 is 3.32. The molecule has 0 saturated carbocycles. The Morgan fingerprint density at radius 1 is 1.38 bits per heavy atom. The maximum Gasteiger partial charge on any atom is 0.179 e. The average Bonchev–Trinajstić information content (AvgIpc) is 2.32. The highest BCUT2D eigenvalue weighted by Gasteiger charge is 2.20. The summed E-state index contributed by atoms with van der Waals surface area (Å²) in [5, 5.41) is 9.96. The van der Waals surface area contributed by atoms with Gasteiger partial charge < -0.3 is 20.3 Å². The largest absolute Gasteiger partial charge is 0.506 e. The molecule has 0 saturated heterocycles. The van der Waals surface area contributed by atoms with Crippen molar-refractivity contribution in [1.29, 1.82) is 0 Å². The zero-order valence-electron chi connectivity index (χ0n) is 8.83. The summed E-state index contributed by atoms with van der Waals surface area (Å²) in [5.41, 5.74) is 6.29. The molecule has 1 aromatic rings. The molecule has 88 valence electrons. The lowest BCUT2D eigenvalue weighted by Crippen LogP contribution is -2.16. The molecule has 3 N–H and O–H groups in total. The number of aromatic hydroxyl groups is 1. The first-order chi connectivity index (χ1) is 7.74. The van der Waals surface area contributed by atoms with Crippen LogP contribution in [0.3, 0.4) is 0 Å². The fourth-order valence-electron chi connectivity index (χ4n) is 1.67. The van der Waals surface area contributed by atoms with Gasteiger partial charge in [-0.05, 0) is 46.9 Å². The number of halogens is 1. The number of fused-ring (bicyclic) bond motifs is 1. The van der Waals surface area contributed by atoms with Gasteiger partial charge in [0, 0.05) is 0 Å². The van der Waals surface area contributed by atoms with Crippen LogP contribution in [0.1, 0.15) is 12.0 Å². The molecular formula is C11H14BrNO3. The van der Waals surface area contributed by atoms with Gasteiger partial charge in [-0.3, -0.25) is 0 Å². The normalized spacial score (nSPS) is 13.9. The van der Waals surface area contributed by atoms with Crippen LogP contribution < -0.4 is 15.2 Å². The number of nitrogens with two attached hydrogens (primary N) is 1. The van der Waals surface area contributed by atoms with E-state index < -0.39 is 0 Å². The van der Waals surface area contributed by atoms with Gasteiger partial charge in [-0.2, -0.15) is 0 Å². The minimum atomic E-state index is 0.220. The minimum absolute atomic E-state index is 0.220. The van der Waals surface area contributed by atoms with Crippen molar-refractivity contribution < 1.29 is 14.6 Å². The molecular weight excluding hydrogens is 274 g/mol. The summed E-state index contributed by atoms with van der Waals surface area (Å²) in [5.74, 6) is 1.49. The Bertz CT molecular complexity index is 395. The molecule has 16 heavy (non-hydrogen) atoms. The standard InChI is InChI=1S/C11H14BrNO3/c12-9-10(14)7(2-1-3-13)6-8-11(9)16-5-4-15-8/h6,14H,1-5,13H2. The maximum absolute atomic E-state index is 9.96. The van der Waals surface area contributed by atoms with Gasteiger partial charge in [-0.15, -0.1) is 0 Å². The van der Waals surface area contributed by atoms with E-state index in [0.717, 1.165) is 18.4 Å². The zero-order valence-corrected chi connectivity index (χ0v) is 10.4. The molecule has 1 heterocycles. The van der Waals surface area contributed by atoms with Gasteiger partial charge in [-0.25, -0.2) is 0 Å². The molecule has 4 nitrogen and oxygen atoms in total. The molecule has 1 aromatic carbocycles. The number of rotatable bonds is 3. The van der Waals surface area contributed by atoms with E-state index in [9.17, 15) is 5.11 Å². The molecule has 0 unspecified atom stereocenters. The van der Waals surface area contributed by atoms with Crippen LogP contribution in [0.5, 0.6) is 17.2 Å². The average molecular weight is 288 g/mol. The Hall–Kier alpha value is -0.940. The number of hydrogen-bond acceptors (Lipinski definition) is 4. The van der Waals surface area contributed by atoms with Crippen molar-refractivity contribution >= 4 is 15.9 Å². The highest BCUT2D eigenvalue weighted by molar-refractivity contribution is 9.10. The van der Waals surface area contributed by atoms with Crippen molar-refractivity contribution in [1.82, 2.24) is 0 Å². The van der Waals surface area contributed by atoms with Gasteiger partial charge in [0.2, 0.25) is 0 Å². The van der Waals surface area contributed by atoms with Crippen molar-refractivity contribution in [3.05, 3.63) is 16.1 Å². The van der Waals surface area contributed by atoms with Crippen LogP contribution in [0.25, 0.3) is 0 Å². The Morgan fingerprint density at radius 2 is 2.12 bits per heavy atom. The highest BCUT2D eigenvalue weighted by atomic mass is 79.9. The van der Waals surface area contributed by atoms with E-state index in [1.54, 1.807) is 0 Å². The van der Waals surface area contributed by atoms with E-state index in [4.69, 9.17) is 15.2 Å². The van der Waals surface area contributed by atoms with Gasteiger partial charge in [0.25, 0.3) is 0 Å². The second kappa shape index (κ2) is 4.93. The summed E-state index contributed by atoms with van der Waals surface area (Å²) < 4.78 is 11.5. The van der Waals surface area contributed by atoms with Crippen LogP contribution in [-0.4, -0.2) is 24.9 Å². The topological polar surface area (TPSA) is 64.7 Å². The van der Waals surface area contributed by atoms with Gasteiger partial charge in [-0.1, -0.05) is 0 Å². The number of benzene rings is 1. The van der Waals surface area contributed by atoms with Crippen molar-refractivity contribution in [2.24, 2.45) is 5.73 Å². The molecule has 0 bridgehead atoms. The monoisotopic (exact) mass is 287 g/mol. The van der Waals surface area contributed by atoms with Crippen LogP contribution in [0, 0.1) is 0 Å². The Morgan fingerprint density at radius 3 is 2.88 bits per heavy atom. The number of phenols is 1. The summed E-state index contributed by atoms with van der Waals surface area (Å²) in [6, 6.07) is 1.82. The first kappa shape index (κ1) is 11.5. The van der Waals surface area contributed by atoms with Crippen LogP contribution >= 0.6 is 15.9 Å². The molecule has 0 spiro atoms. The summed E-state index contributed by atoms with van der Waals surface area (Å²) in [6.07, 6.45) is 1.57. The van der Waals surface area contributed by atoms with Gasteiger partial charge in [0.15, 0.2) is 11.5 Å². The van der Waals surface area contributed by atoms with Crippen molar-refractivity contribution in [3.8, 4) is 17.2 Å². The molecule has 0 aromatic heterocycles. The number of ether oxygens (including phenoxy) is 2. The third-order valence-electron chi connectivity index (χ3n) is 2.48. The number of hydrogen-bond donors (Lipinski definition) is 2. The van der Waals surface area contributed by atoms with Crippen molar-refractivity contribution in [3.63, 3.8) is 0 Å². The molecule has 1 aliphatic heterocycles. The molecule has 1 aliphatic rings. The quantitative estimate of drug-likeness (QED) is 0.890. The second-order valence-electron chi connectivity index (χ2n) is 3.61. The van der Waals surface area contributed by atoms with Gasteiger partial charge in [0.05, 0.1) is 0 Å². The molecule has 0 atom stereocenters. The van der Waals surface area contributed by atoms with Crippen molar-refractivity contribution in [2.75, 3.05) is 19.8 Å². The van der Waals surface area contributed by atoms with E-state index in [2.05, 4.69) is 15.9 Å². The Kier molecular flexibility index (Phi) is 3.56. The molecule has 0 radical (unpaired) electrons. The van der Waals surface area contributed by atoms with Crippen molar-refractivity contribution in [2.45, 2.75) is 12.8 Å². The number of phenolic OH excluding ortho intramolecular Hbond substituents is 1. The third kappa shape index (κ3) is 2.10. The zero-order chi connectivity index (χ0) is 11.5. The first-order valence-corrected chi connectivity index (χ1v) is 6.03. The smallest absolute Gasteiger partial charge is 0.179 e. The Balaban J connectivity index is 2.36. The predicted octanol–water partition coefficient (Wildman–Crippen LogP) is 1.82. The second-order valence-corrected chi connectivity index (χ2v) is 4.41. The lowest BCUT2D eigenvalue weighted by molar-refractivity contribution is 0.169. The SMILES string of the molecule is NCCCc1cc2c(c(Br)c1O)OCCO2. The van der Waals surface area contributed by atoms with Gasteiger partial charge >= 0.3 is 0 Å². The van der Waals surface area contributed by atoms with E-state index in [1.165, 1.54) is 0 Å². The molecule has 0 amide bonds. The van der Waals surface area contributed by atoms with E-state index in [-0.39, 0.29) is 5.75 Å². The van der Waals surface area contributed by atoms with Gasteiger partial charge in [0.1, 0.15) is 23.4 Å². The predicted molar refractivity (Wildman–Crippen MR) is 64.2 cm³/mol.